The van der Waals surface area contributed by atoms with E-state index in [4.69, 9.17) is 9.47 Å². The lowest BCUT2D eigenvalue weighted by atomic mass is 9.95. The van der Waals surface area contributed by atoms with Crippen molar-refractivity contribution in [3.8, 4) is 11.5 Å². The van der Waals surface area contributed by atoms with Crippen molar-refractivity contribution in [1.82, 2.24) is 15.1 Å². The van der Waals surface area contributed by atoms with E-state index in [0.29, 0.717) is 24.5 Å². The lowest BCUT2D eigenvalue weighted by molar-refractivity contribution is -0.123. The molecule has 7 heteroatoms. The summed E-state index contributed by atoms with van der Waals surface area (Å²) in [5.41, 5.74) is 2.18. The monoisotopic (exact) mass is 359 g/mol. The summed E-state index contributed by atoms with van der Waals surface area (Å²) < 4.78 is 12.5. The number of H-pyrrole nitrogens is 1. The smallest absolute Gasteiger partial charge is 0.270 e. The number of hydrogen-bond donors (Lipinski definition) is 2. The highest BCUT2D eigenvalue weighted by Gasteiger charge is 2.22. The summed E-state index contributed by atoms with van der Waals surface area (Å²) in [5.74, 6) is 1.37. The van der Waals surface area contributed by atoms with Gasteiger partial charge in [-0.15, -0.1) is 0 Å². The SMILES string of the molecule is Cc1[nH]n(CC(=O)NC(c2ccc3c(c2)OCCO3)C(C)C)c(=O)c1C. The minimum absolute atomic E-state index is 0.0404. The molecule has 7 nitrogen and oxygen atoms in total. The van der Waals surface area contributed by atoms with Gasteiger partial charge in [-0.3, -0.25) is 14.7 Å². The number of benzene rings is 1. The van der Waals surface area contributed by atoms with Crippen LogP contribution in [0.3, 0.4) is 0 Å². The van der Waals surface area contributed by atoms with Crippen LogP contribution in [0.15, 0.2) is 23.0 Å². The zero-order valence-corrected chi connectivity index (χ0v) is 15.6. The standard InChI is InChI=1S/C19H25N3O4/c1-11(2)18(14-5-6-15-16(9-14)26-8-7-25-15)20-17(23)10-22-19(24)12(3)13(4)21-22/h5-6,9,11,18,21H,7-8,10H2,1-4H3,(H,20,23). The van der Waals surface area contributed by atoms with Crippen LogP contribution in [0.25, 0.3) is 0 Å². The number of nitrogens with zero attached hydrogens (tertiary/aromatic N) is 1. The minimum atomic E-state index is -0.220. The summed E-state index contributed by atoms with van der Waals surface area (Å²) >= 11 is 0. The topological polar surface area (TPSA) is 85.3 Å². The first-order valence-corrected chi connectivity index (χ1v) is 8.81. The van der Waals surface area contributed by atoms with Crippen molar-refractivity contribution in [2.75, 3.05) is 13.2 Å². The van der Waals surface area contributed by atoms with Crippen LogP contribution in [-0.2, 0) is 11.3 Å². The Bertz CT molecular complexity index is 866. The van der Waals surface area contributed by atoms with Gasteiger partial charge in [-0.05, 0) is 37.5 Å². The molecule has 2 aromatic rings. The van der Waals surface area contributed by atoms with Crippen molar-refractivity contribution in [3.05, 3.63) is 45.4 Å². The summed E-state index contributed by atoms with van der Waals surface area (Å²) in [6.07, 6.45) is 0. The third-order valence-corrected chi connectivity index (χ3v) is 4.64. The Hall–Kier alpha value is -2.70. The van der Waals surface area contributed by atoms with Crippen LogP contribution in [0, 0.1) is 19.8 Å². The maximum Gasteiger partial charge on any atom is 0.270 e. The molecule has 1 aliphatic rings. The molecule has 1 aromatic carbocycles. The molecule has 1 aromatic heterocycles. The number of rotatable bonds is 5. The molecule has 0 aliphatic carbocycles. The quantitative estimate of drug-likeness (QED) is 0.856. The number of carbonyl (C=O) groups is 1. The molecule has 0 spiro atoms. The van der Waals surface area contributed by atoms with Gasteiger partial charge >= 0.3 is 0 Å². The van der Waals surface area contributed by atoms with E-state index in [1.165, 1.54) is 4.68 Å². The molecule has 1 unspecified atom stereocenters. The van der Waals surface area contributed by atoms with Crippen molar-refractivity contribution < 1.29 is 14.3 Å². The van der Waals surface area contributed by atoms with Gasteiger partial charge < -0.3 is 14.8 Å². The van der Waals surface area contributed by atoms with Gasteiger partial charge in [0, 0.05) is 11.3 Å². The molecule has 0 bridgehead atoms. The summed E-state index contributed by atoms with van der Waals surface area (Å²) in [7, 11) is 0. The number of aromatic nitrogens is 2. The summed E-state index contributed by atoms with van der Waals surface area (Å²) in [6, 6.07) is 5.53. The van der Waals surface area contributed by atoms with Crippen molar-refractivity contribution in [1.29, 1.82) is 0 Å². The van der Waals surface area contributed by atoms with E-state index in [9.17, 15) is 9.59 Å². The van der Waals surface area contributed by atoms with Gasteiger partial charge in [-0.25, -0.2) is 4.68 Å². The minimum Gasteiger partial charge on any atom is -0.486 e. The number of fused-ring (bicyclic) bond motifs is 1. The number of amides is 1. The van der Waals surface area contributed by atoms with Crippen molar-refractivity contribution >= 4 is 5.91 Å². The average molecular weight is 359 g/mol. The van der Waals surface area contributed by atoms with Crippen LogP contribution in [0.2, 0.25) is 0 Å². The zero-order chi connectivity index (χ0) is 18.8. The second-order valence-electron chi connectivity index (χ2n) is 6.95. The van der Waals surface area contributed by atoms with Gasteiger partial charge in [-0.2, -0.15) is 0 Å². The molecule has 0 saturated carbocycles. The molecule has 140 valence electrons. The maximum absolute atomic E-state index is 12.5. The van der Waals surface area contributed by atoms with Crippen LogP contribution in [0.5, 0.6) is 11.5 Å². The molecule has 1 aliphatic heterocycles. The second-order valence-corrected chi connectivity index (χ2v) is 6.95. The van der Waals surface area contributed by atoms with Crippen molar-refractivity contribution in [2.45, 2.75) is 40.3 Å². The van der Waals surface area contributed by atoms with Crippen LogP contribution >= 0.6 is 0 Å². The highest BCUT2D eigenvalue weighted by atomic mass is 16.6. The first-order chi connectivity index (χ1) is 12.4. The first kappa shape index (κ1) is 18.1. The molecule has 3 rings (SSSR count). The molecular weight excluding hydrogens is 334 g/mol. The van der Waals surface area contributed by atoms with Crippen molar-refractivity contribution in [3.63, 3.8) is 0 Å². The van der Waals surface area contributed by atoms with E-state index < -0.39 is 0 Å². The molecule has 26 heavy (non-hydrogen) atoms. The van der Waals surface area contributed by atoms with E-state index in [1.54, 1.807) is 6.92 Å². The fourth-order valence-electron chi connectivity index (χ4n) is 3.06. The summed E-state index contributed by atoms with van der Waals surface area (Å²) in [6.45, 7) is 8.66. The molecule has 0 fully saturated rings. The van der Waals surface area contributed by atoms with Crippen LogP contribution in [0.1, 0.15) is 36.7 Å². The molecule has 0 radical (unpaired) electrons. The third kappa shape index (κ3) is 3.61. The molecule has 2 heterocycles. The Morgan fingerprint density at radius 1 is 1.23 bits per heavy atom. The van der Waals surface area contributed by atoms with Crippen LogP contribution < -0.4 is 20.3 Å². The van der Waals surface area contributed by atoms with Gasteiger partial charge in [0.1, 0.15) is 19.8 Å². The summed E-state index contributed by atoms with van der Waals surface area (Å²) in [4.78, 5) is 24.6. The Labute approximate surface area is 152 Å². The number of aryl methyl sites for hydroxylation is 1. The molecule has 0 saturated heterocycles. The van der Waals surface area contributed by atoms with E-state index >= 15 is 0 Å². The number of hydrogen-bond acceptors (Lipinski definition) is 4. The maximum atomic E-state index is 12.5. The second kappa shape index (κ2) is 7.27. The Balaban J connectivity index is 1.77. The third-order valence-electron chi connectivity index (χ3n) is 4.64. The number of nitrogens with one attached hydrogen (secondary N) is 2. The first-order valence-electron chi connectivity index (χ1n) is 8.81. The van der Waals surface area contributed by atoms with Gasteiger partial charge in [-0.1, -0.05) is 19.9 Å². The predicted molar refractivity (Wildman–Crippen MR) is 97.7 cm³/mol. The highest BCUT2D eigenvalue weighted by Crippen LogP contribution is 2.34. The van der Waals surface area contributed by atoms with Crippen molar-refractivity contribution in [2.24, 2.45) is 5.92 Å². The Morgan fingerprint density at radius 3 is 2.54 bits per heavy atom. The van der Waals surface area contributed by atoms with E-state index in [0.717, 1.165) is 17.0 Å². The Kier molecular flexibility index (Phi) is 5.06. The van der Waals surface area contributed by atoms with Gasteiger partial charge in [0.2, 0.25) is 5.91 Å². The lowest BCUT2D eigenvalue weighted by Crippen LogP contribution is -2.36. The van der Waals surface area contributed by atoms with Gasteiger partial charge in [0.15, 0.2) is 11.5 Å². The summed E-state index contributed by atoms with van der Waals surface area (Å²) in [5, 5.41) is 5.96. The number of ether oxygens (including phenoxy) is 2. The highest BCUT2D eigenvalue weighted by molar-refractivity contribution is 5.76. The molecule has 1 amide bonds. The number of aromatic amines is 1. The largest absolute Gasteiger partial charge is 0.486 e. The fourth-order valence-corrected chi connectivity index (χ4v) is 3.06. The van der Waals surface area contributed by atoms with Gasteiger partial charge in [0.25, 0.3) is 5.56 Å². The van der Waals surface area contributed by atoms with Crippen LogP contribution in [-0.4, -0.2) is 28.9 Å². The molecule has 2 N–H and O–H groups in total. The average Bonchev–Trinajstić information content (AvgIpc) is 2.86. The van der Waals surface area contributed by atoms with E-state index in [2.05, 4.69) is 10.4 Å². The lowest BCUT2D eigenvalue weighted by Gasteiger charge is -2.25. The normalized spacial score (nSPS) is 14.3. The Morgan fingerprint density at radius 2 is 1.92 bits per heavy atom. The van der Waals surface area contributed by atoms with E-state index in [-0.39, 0.29) is 30.0 Å². The fraction of sp³-hybridized carbons (Fsp3) is 0.474. The van der Waals surface area contributed by atoms with Gasteiger partial charge in [0.05, 0.1) is 6.04 Å². The molecular formula is C19H25N3O4. The van der Waals surface area contributed by atoms with Crippen LogP contribution in [0.4, 0.5) is 0 Å². The predicted octanol–water partition coefficient (Wildman–Crippen LogP) is 2.08. The van der Waals surface area contributed by atoms with E-state index in [1.807, 2.05) is 39.0 Å². The zero-order valence-electron chi connectivity index (χ0n) is 15.6. The number of carbonyl (C=O) groups excluding carboxylic acids is 1. The molecule has 1 atom stereocenters.